The van der Waals surface area contributed by atoms with Crippen LogP contribution in [-0.4, -0.2) is 29.6 Å². The molecule has 0 spiro atoms. The molecule has 3 saturated heterocycles. The molecule has 3 fully saturated rings. The molecule has 0 radical (unpaired) electrons. The van der Waals surface area contributed by atoms with Gasteiger partial charge < -0.3 is 10.0 Å². The van der Waals surface area contributed by atoms with Crippen molar-refractivity contribution in [1.82, 2.24) is 4.90 Å². The third kappa shape index (κ3) is 1.90. The van der Waals surface area contributed by atoms with Gasteiger partial charge in [-0.05, 0) is 54.7 Å². The Morgan fingerprint density at radius 3 is 2.05 bits per heavy atom. The summed E-state index contributed by atoms with van der Waals surface area (Å²) in [7, 11) is 0. The van der Waals surface area contributed by atoms with Crippen molar-refractivity contribution >= 4 is 22.7 Å². The van der Waals surface area contributed by atoms with E-state index >= 15 is 0 Å². The summed E-state index contributed by atoms with van der Waals surface area (Å²) in [5.74, 6) is 0.997. The topological polar surface area (TPSA) is 23.5 Å². The van der Waals surface area contributed by atoms with Gasteiger partial charge in [-0.25, -0.2) is 0 Å². The molecule has 0 aliphatic carbocycles. The lowest BCUT2D eigenvalue weighted by molar-refractivity contribution is -0.0725. The number of hydrogen-bond donors (Lipinski definition) is 1. The molecule has 0 saturated carbocycles. The van der Waals surface area contributed by atoms with Crippen molar-refractivity contribution in [2.45, 2.75) is 18.4 Å². The number of fused-ring (bicyclic) bond motifs is 3. The number of rotatable bonds is 3. The highest BCUT2D eigenvalue weighted by Crippen LogP contribution is 2.49. The maximum atomic E-state index is 11.7. The quantitative estimate of drug-likeness (QED) is 0.939. The van der Waals surface area contributed by atoms with E-state index in [0.29, 0.717) is 11.8 Å². The second kappa shape index (κ2) is 4.95. The summed E-state index contributed by atoms with van der Waals surface area (Å²) in [6, 6.07) is 8.31. The van der Waals surface area contributed by atoms with Crippen molar-refractivity contribution in [3.63, 3.8) is 0 Å². The molecule has 2 aromatic rings. The predicted molar refractivity (Wildman–Crippen MR) is 84.3 cm³/mol. The van der Waals surface area contributed by atoms with Crippen LogP contribution in [0.1, 0.15) is 22.6 Å². The van der Waals surface area contributed by atoms with Gasteiger partial charge in [-0.1, -0.05) is 12.1 Å². The van der Waals surface area contributed by atoms with E-state index in [4.69, 9.17) is 0 Å². The molecule has 0 amide bonds. The van der Waals surface area contributed by atoms with Crippen molar-refractivity contribution in [3.05, 3.63) is 44.8 Å². The van der Waals surface area contributed by atoms with Crippen LogP contribution in [0.4, 0.5) is 0 Å². The van der Waals surface area contributed by atoms with Crippen molar-refractivity contribution in [1.29, 1.82) is 0 Å². The number of thiophene rings is 2. The zero-order valence-corrected chi connectivity index (χ0v) is 13.0. The summed E-state index contributed by atoms with van der Waals surface area (Å²) in [6.45, 7) is 3.47. The largest absolute Gasteiger partial charge is 0.378 e. The molecule has 4 heteroatoms. The summed E-state index contributed by atoms with van der Waals surface area (Å²) >= 11 is 3.37. The van der Waals surface area contributed by atoms with E-state index in [-0.39, 0.29) is 0 Å². The van der Waals surface area contributed by atoms with Gasteiger partial charge in [0.15, 0.2) is 0 Å². The maximum Gasteiger partial charge on any atom is 0.137 e. The van der Waals surface area contributed by atoms with Gasteiger partial charge in [-0.15, -0.1) is 22.7 Å². The molecule has 0 aromatic carbocycles. The molecule has 106 valence electrons. The Balaban J connectivity index is 1.80. The van der Waals surface area contributed by atoms with E-state index in [1.807, 2.05) is 0 Å². The van der Waals surface area contributed by atoms with Gasteiger partial charge in [-0.2, -0.15) is 0 Å². The second-order valence-electron chi connectivity index (χ2n) is 5.97. The minimum Gasteiger partial charge on any atom is -0.378 e. The molecule has 2 nitrogen and oxygen atoms in total. The van der Waals surface area contributed by atoms with E-state index < -0.39 is 5.60 Å². The van der Waals surface area contributed by atoms with Crippen LogP contribution >= 0.6 is 22.7 Å². The molecule has 3 aliphatic rings. The Bertz CT molecular complexity index is 521. The van der Waals surface area contributed by atoms with Crippen LogP contribution in [0, 0.1) is 11.8 Å². The van der Waals surface area contributed by atoms with Gasteiger partial charge in [0.2, 0.25) is 0 Å². The summed E-state index contributed by atoms with van der Waals surface area (Å²) < 4.78 is 0. The lowest BCUT2D eigenvalue weighted by atomic mass is 9.69. The fourth-order valence-corrected chi connectivity index (χ4v) is 5.78. The first-order valence-corrected chi connectivity index (χ1v) is 9.07. The second-order valence-corrected chi connectivity index (χ2v) is 7.86. The van der Waals surface area contributed by atoms with E-state index in [9.17, 15) is 5.11 Å². The van der Waals surface area contributed by atoms with E-state index in [1.165, 1.54) is 25.9 Å². The molecular weight excluding hydrogens is 286 g/mol. The molecule has 5 rings (SSSR count). The van der Waals surface area contributed by atoms with Crippen LogP contribution in [0.5, 0.6) is 0 Å². The molecule has 2 aromatic heterocycles. The minimum absolute atomic E-state index is 0.335. The van der Waals surface area contributed by atoms with Crippen LogP contribution in [-0.2, 0) is 5.60 Å². The Morgan fingerprint density at radius 1 is 1.05 bits per heavy atom. The zero-order chi connectivity index (χ0) is 13.6. The van der Waals surface area contributed by atoms with Crippen molar-refractivity contribution < 1.29 is 5.11 Å². The molecule has 1 N–H and O–H groups in total. The lowest BCUT2D eigenvalue weighted by Gasteiger charge is -2.50. The SMILES string of the molecule is OC(c1cccs1)(c1cccs1)[C@H]1CN2CCC1CC2. The number of piperidine rings is 3. The number of nitrogens with zero attached hydrogens (tertiary/aromatic N) is 1. The Hall–Kier alpha value is -0.680. The molecule has 3 aliphatic heterocycles. The minimum atomic E-state index is -0.786. The monoisotopic (exact) mass is 305 g/mol. The van der Waals surface area contributed by atoms with Crippen LogP contribution < -0.4 is 0 Å². The van der Waals surface area contributed by atoms with Gasteiger partial charge >= 0.3 is 0 Å². The third-order valence-electron chi connectivity index (χ3n) is 4.99. The van der Waals surface area contributed by atoms with Crippen LogP contribution in [0.2, 0.25) is 0 Å². The molecule has 5 heterocycles. The Labute approximate surface area is 127 Å². The predicted octanol–water partition coefficient (Wildman–Crippen LogP) is 3.39. The maximum absolute atomic E-state index is 11.7. The fourth-order valence-electron chi connectivity index (χ4n) is 3.92. The summed E-state index contributed by atoms with van der Waals surface area (Å²) in [5.41, 5.74) is -0.786. The average Bonchev–Trinajstić information content (AvgIpc) is 3.21. The van der Waals surface area contributed by atoms with Gasteiger partial charge in [0.05, 0.1) is 0 Å². The van der Waals surface area contributed by atoms with Crippen LogP contribution in [0.3, 0.4) is 0 Å². The average molecular weight is 305 g/mol. The van der Waals surface area contributed by atoms with Crippen molar-refractivity contribution in [2.75, 3.05) is 19.6 Å². The van der Waals surface area contributed by atoms with Gasteiger partial charge in [0.1, 0.15) is 5.60 Å². The van der Waals surface area contributed by atoms with Crippen LogP contribution in [0.25, 0.3) is 0 Å². The third-order valence-corrected chi connectivity index (χ3v) is 6.98. The fraction of sp³-hybridized carbons (Fsp3) is 0.500. The van der Waals surface area contributed by atoms with Crippen molar-refractivity contribution in [2.24, 2.45) is 11.8 Å². The molecule has 0 unspecified atom stereocenters. The zero-order valence-electron chi connectivity index (χ0n) is 11.4. The summed E-state index contributed by atoms with van der Waals surface area (Å²) in [4.78, 5) is 4.74. The first-order chi connectivity index (χ1) is 9.78. The first-order valence-electron chi connectivity index (χ1n) is 7.31. The van der Waals surface area contributed by atoms with Crippen molar-refractivity contribution in [3.8, 4) is 0 Å². The molecule has 1 atom stereocenters. The summed E-state index contributed by atoms with van der Waals surface area (Å²) in [6.07, 6.45) is 2.48. The molecule has 20 heavy (non-hydrogen) atoms. The van der Waals surface area contributed by atoms with Gasteiger partial charge in [-0.3, -0.25) is 0 Å². The smallest absolute Gasteiger partial charge is 0.137 e. The number of hydrogen-bond acceptors (Lipinski definition) is 4. The summed E-state index contributed by atoms with van der Waals surface area (Å²) in [5, 5.41) is 15.8. The highest BCUT2D eigenvalue weighted by Gasteiger charge is 2.49. The molecule has 2 bridgehead atoms. The van der Waals surface area contributed by atoms with Crippen LogP contribution in [0.15, 0.2) is 35.0 Å². The standard InChI is InChI=1S/C16H19NOS2/c18-16(14-3-1-9-19-14,15-4-2-10-20-15)13-11-17-7-5-12(13)6-8-17/h1-4,9-10,12-13,18H,5-8,11H2/t13-/m0/s1. The van der Waals surface area contributed by atoms with E-state index in [1.54, 1.807) is 22.7 Å². The van der Waals surface area contributed by atoms with E-state index in [2.05, 4.69) is 39.9 Å². The normalized spacial score (nSPS) is 29.8. The van der Waals surface area contributed by atoms with Gasteiger partial charge in [0, 0.05) is 22.2 Å². The van der Waals surface area contributed by atoms with E-state index in [0.717, 1.165) is 16.3 Å². The first kappa shape index (κ1) is 13.0. The Morgan fingerprint density at radius 2 is 1.65 bits per heavy atom. The lowest BCUT2D eigenvalue weighted by Crippen LogP contribution is -2.55. The highest BCUT2D eigenvalue weighted by atomic mass is 32.1. The highest BCUT2D eigenvalue weighted by molar-refractivity contribution is 7.11. The Kier molecular flexibility index (Phi) is 3.22. The van der Waals surface area contributed by atoms with Gasteiger partial charge in [0.25, 0.3) is 0 Å². The molecular formula is C16H19NOS2. The number of aliphatic hydroxyl groups is 1.